The van der Waals surface area contributed by atoms with Crippen molar-refractivity contribution in [2.75, 3.05) is 6.61 Å². The molecule has 3 rings (SSSR count). The second-order valence-electron chi connectivity index (χ2n) is 9.03. The quantitative estimate of drug-likeness (QED) is 0.216. The Labute approximate surface area is 213 Å². The molecule has 3 aromatic rings. The smallest absolute Gasteiger partial charge is 0.416 e. The van der Waals surface area contributed by atoms with Gasteiger partial charge in [-0.3, -0.25) is 4.79 Å². The van der Waals surface area contributed by atoms with E-state index in [9.17, 15) is 22.8 Å². The molecule has 0 atom stereocenters. The van der Waals surface area contributed by atoms with E-state index in [0.717, 1.165) is 33.0 Å². The summed E-state index contributed by atoms with van der Waals surface area (Å²) in [6.45, 7) is 9.00. The summed E-state index contributed by atoms with van der Waals surface area (Å²) in [7, 11) is 0. The molecule has 0 saturated heterocycles. The Morgan fingerprint density at radius 2 is 1.61 bits per heavy atom. The first-order chi connectivity index (χ1) is 16.8. The molecule has 0 radical (unpaired) electrons. The summed E-state index contributed by atoms with van der Waals surface area (Å²) in [5, 5.41) is 0. The van der Waals surface area contributed by atoms with Gasteiger partial charge in [-0.25, -0.2) is 4.79 Å². The van der Waals surface area contributed by atoms with Gasteiger partial charge >= 0.3 is 12.1 Å². The molecule has 0 aliphatic rings. The van der Waals surface area contributed by atoms with Gasteiger partial charge in [-0.2, -0.15) is 13.2 Å². The zero-order chi connectivity index (χ0) is 26.7. The molecule has 0 aliphatic carbocycles. The van der Waals surface area contributed by atoms with Crippen molar-refractivity contribution in [3.63, 3.8) is 0 Å². The zero-order valence-electron chi connectivity index (χ0n) is 20.9. The molecule has 4 nitrogen and oxygen atoms in total. The highest BCUT2D eigenvalue weighted by atomic mass is 32.1. The topological polar surface area (TPSA) is 52.6 Å². The number of thiophene rings is 1. The predicted molar refractivity (Wildman–Crippen MR) is 135 cm³/mol. The fraction of sp³-hybridized carbons (Fsp3) is 0.357. The minimum absolute atomic E-state index is 0.0295. The number of carbonyl (C=O) groups excluding carboxylic acids is 2. The largest absolute Gasteiger partial charge is 0.476 e. The number of esters is 1. The minimum Gasteiger partial charge on any atom is -0.476 e. The van der Waals surface area contributed by atoms with Gasteiger partial charge in [0.25, 0.3) is 0 Å². The summed E-state index contributed by atoms with van der Waals surface area (Å²) in [6.07, 6.45) is -3.54. The van der Waals surface area contributed by atoms with Crippen molar-refractivity contribution >= 4 is 23.1 Å². The van der Waals surface area contributed by atoms with Crippen LogP contribution in [0.15, 0.2) is 48.5 Å². The molecule has 0 bridgehead atoms. The normalized spacial score (nSPS) is 11.9. The molecule has 0 saturated carbocycles. The zero-order valence-corrected chi connectivity index (χ0v) is 21.7. The fourth-order valence-corrected chi connectivity index (χ4v) is 4.84. The van der Waals surface area contributed by atoms with Crippen LogP contribution in [0.2, 0.25) is 0 Å². The molecule has 1 aromatic heterocycles. The lowest BCUT2D eigenvalue weighted by Gasteiger charge is -2.25. The lowest BCUT2D eigenvalue weighted by molar-refractivity contribution is -0.158. The van der Waals surface area contributed by atoms with Crippen LogP contribution in [0.5, 0.6) is 5.75 Å². The number of rotatable bonds is 9. The first-order valence-corrected chi connectivity index (χ1v) is 12.4. The van der Waals surface area contributed by atoms with E-state index in [1.165, 1.54) is 23.5 Å². The third-order valence-electron chi connectivity index (χ3n) is 5.73. The maximum absolute atomic E-state index is 12.9. The standard InChI is InChI=1S/C28H29F3O4S/c1-6-34-26(33)27(4,5)35-23-13-9-20(15-17(23)2)22(32)12-14-24-18(3)16-25(36-24)19-7-10-21(11-8-19)28(29,30)31/h7-11,13,15-16H,6,12,14H2,1-5H3. The van der Waals surface area contributed by atoms with Gasteiger partial charge in [0, 0.05) is 21.7 Å². The van der Waals surface area contributed by atoms with Gasteiger partial charge in [0.2, 0.25) is 0 Å². The second-order valence-corrected chi connectivity index (χ2v) is 10.2. The SMILES string of the molecule is CCOC(=O)C(C)(C)Oc1ccc(C(=O)CCc2sc(-c3ccc(C(F)(F)F)cc3)cc2C)cc1C. The first-order valence-electron chi connectivity index (χ1n) is 11.6. The molecule has 0 amide bonds. The van der Waals surface area contributed by atoms with Crippen molar-refractivity contribution in [3.8, 4) is 16.2 Å². The molecule has 36 heavy (non-hydrogen) atoms. The molecule has 2 aromatic carbocycles. The Morgan fingerprint density at radius 1 is 0.944 bits per heavy atom. The number of alkyl halides is 3. The van der Waals surface area contributed by atoms with Crippen LogP contribution in [-0.4, -0.2) is 24.0 Å². The third kappa shape index (κ3) is 6.55. The van der Waals surface area contributed by atoms with Crippen molar-refractivity contribution in [1.82, 2.24) is 0 Å². The molecule has 0 N–H and O–H groups in total. The summed E-state index contributed by atoms with van der Waals surface area (Å²) in [5.41, 5.74) is 1.16. The van der Waals surface area contributed by atoms with E-state index in [2.05, 4.69) is 0 Å². The van der Waals surface area contributed by atoms with Crippen molar-refractivity contribution in [3.05, 3.63) is 75.7 Å². The number of halogens is 3. The van der Waals surface area contributed by atoms with Crippen molar-refractivity contribution in [2.45, 2.75) is 59.2 Å². The van der Waals surface area contributed by atoms with Crippen LogP contribution < -0.4 is 4.74 Å². The maximum Gasteiger partial charge on any atom is 0.416 e. The third-order valence-corrected chi connectivity index (χ3v) is 7.07. The molecule has 0 spiro atoms. The van der Waals surface area contributed by atoms with Crippen molar-refractivity contribution in [1.29, 1.82) is 0 Å². The van der Waals surface area contributed by atoms with E-state index in [0.29, 0.717) is 29.7 Å². The van der Waals surface area contributed by atoms with Crippen LogP contribution >= 0.6 is 11.3 Å². The average Bonchev–Trinajstić information content (AvgIpc) is 3.18. The van der Waals surface area contributed by atoms with Gasteiger partial charge in [0.1, 0.15) is 5.75 Å². The number of ketones is 1. The Kier molecular flexibility index (Phi) is 8.29. The van der Waals surface area contributed by atoms with Gasteiger partial charge < -0.3 is 9.47 Å². The molecule has 1 heterocycles. The van der Waals surface area contributed by atoms with Gasteiger partial charge in [0.05, 0.1) is 12.2 Å². The Hall–Kier alpha value is -3.13. The lowest BCUT2D eigenvalue weighted by Crippen LogP contribution is -2.39. The Morgan fingerprint density at radius 3 is 2.19 bits per heavy atom. The molecule has 0 unspecified atom stereocenters. The fourth-order valence-electron chi connectivity index (χ4n) is 3.66. The maximum atomic E-state index is 12.9. The molecular weight excluding hydrogens is 489 g/mol. The van der Waals surface area contributed by atoms with E-state index in [-0.39, 0.29) is 12.4 Å². The van der Waals surface area contributed by atoms with Gasteiger partial charge in [-0.1, -0.05) is 12.1 Å². The number of carbonyl (C=O) groups is 2. The highest BCUT2D eigenvalue weighted by Crippen LogP contribution is 2.35. The van der Waals surface area contributed by atoms with E-state index in [1.807, 2.05) is 19.9 Å². The van der Waals surface area contributed by atoms with Crippen molar-refractivity contribution in [2.24, 2.45) is 0 Å². The molecule has 0 fully saturated rings. The average molecular weight is 519 g/mol. The summed E-state index contributed by atoms with van der Waals surface area (Å²) in [6, 6.07) is 12.2. The summed E-state index contributed by atoms with van der Waals surface area (Å²) in [5.74, 6) is 0.00426. The Bertz CT molecular complexity index is 1240. The predicted octanol–water partition coefficient (Wildman–Crippen LogP) is 7.59. The van der Waals surface area contributed by atoms with Crippen molar-refractivity contribution < 1.29 is 32.2 Å². The first kappa shape index (κ1) is 27.5. The minimum atomic E-state index is -4.37. The number of hydrogen-bond donors (Lipinski definition) is 0. The Balaban J connectivity index is 1.66. The summed E-state index contributed by atoms with van der Waals surface area (Å²) in [4.78, 5) is 26.9. The van der Waals surface area contributed by atoms with Crippen LogP contribution in [0, 0.1) is 13.8 Å². The van der Waals surface area contributed by atoms with Crippen LogP contribution in [0.1, 0.15) is 59.1 Å². The summed E-state index contributed by atoms with van der Waals surface area (Å²) >= 11 is 1.48. The van der Waals surface area contributed by atoms with E-state index < -0.39 is 23.3 Å². The van der Waals surface area contributed by atoms with E-state index >= 15 is 0 Å². The van der Waals surface area contributed by atoms with E-state index in [1.54, 1.807) is 39.0 Å². The van der Waals surface area contributed by atoms with Crippen LogP contribution in [0.3, 0.4) is 0 Å². The van der Waals surface area contributed by atoms with Crippen LogP contribution in [0.4, 0.5) is 13.2 Å². The molecular formula is C28H29F3O4S. The summed E-state index contributed by atoms with van der Waals surface area (Å²) < 4.78 is 49.4. The monoisotopic (exact) mass is 518 g/mol. The number of Topliss-reactive ketones (excluding diaryl/α,β-unsaturated/α-hetero) is 1. The van der Waals surface area contributed by atoms with Crippen LogP contribution in [-0.2, 0) is 22.1 Å². The number of benzene rings is 2. The molecule has 8 heteroatoms. The highest BCUT2D eigenvalue weighted by molar-refractivity contribution is 7.15. The highest BCUT2D eigenvalue weighted by Gasteiger charge is 2.32. The number of aryl methyl sites for hydroxylation is 3. The van der Waals surface area contributed by atoms with Gasteiger partial charge in [0.15, 0.2) is 11.4 Å². The molecule has 0 aliphatic heterocycles. The van der Waals surface area contributed by atoms with Crippen LogP contribution in [0.25, 0.3) is 10.4 Å². The number of hydrogen-bond acceptors (Lipinski definition) is 5. The van der Waals surface area contributed by atoms with Gasteiger partial charge in [-0.05, 0) is 94.1 Å². The second kappa shape index (κ2) is 10.9. The van der Waals surface area contributed by atoms with Gasteiger partial charge in [-0.15, -0.1) is 11.3 Å². The molecule has 192 valence electrons. The lowest BCUT2D eigenvalue weighted by atomic mass is 10.0. The number of ether oxygens (including phenoxy) is 2. The van der Waals surface area contributed by atoms with E-state index in [4.69, 9.17) is 9.47 Å².